The Morgan fingerprint density at radius 1 is 0.861 bits per heavy atom. The third-order valence-corrected chi connectivity index (χ3v) is 5.37. The molecule has 0 aliphatic heterocycles. The molecule has 1 N–H and O–H groups in total. The second-order valence-electron chi connectivity index (χ2n) is 8.33. The van der Waals surface area contributed by atoms with Gasteiger partial charge in [0.15, 0.2) is 0 Å². The number of hydrogen-bond donors (Lipinski definition) is 1. The number of esters is 1. The second kappa shape index (κ2) is 13.4. The van der Waals surface area contributed by atoms with E-state index in [9.17, 15) is 9.59 Å². The highest BCUT2D eigenvalue weighted by Crippen LogP contribution is 2.21. The number of amides is 1. The molecule has 1 amide bonds. The summed E-state index contributed by atoms with van der Waals surface area (Å²) in [6, 6.07) is 21.7. The molecule has 0 radical (unpaired) electrons. The highest BCUT2D eigenvalue weighted by atomic mass is 16.5. The van der Waals surface area contributed by atoms with Crippen molar-refractivity contribution in [1.82, 2.24) is 5.32 Å². The van der Waals surface area contributed by atoms with Crippen LogP contribution in [0.15, 0.2) is 83.0 Å². The van der Waals surface area contributed by atoms with E-state index in [4.69, 9.17) is 11.2 Å². The number of nitrogens with one attached hydrogen (secondary N) is 1. The largest absolute Gasteiger partial charge is 0.462 e. The van der Waals surface area contributed by atoms with Gasteiger partial charge in [0, 0.05) is 38.3 Å². The molecule has 3 aromatic rings. The smallest absolute Gasteiger partial charge is 0.338 e. The lowest BCUT2D eigenvalue weighted by Crippen LogP contribution is -2.22. The van der Waals surface area contributed by atoms with Gasteiger partial charge in [-0.3, -0.25) is 4.79 Å². The van der Waals surface area contributed by atoms with Crippen LogP contribution < -0.4 is 10.2 Å². The summed E-state index contributed by atoms with van der Waals surface area (Å²) in [4.78, 5) is 26.6. The van der Waals surface area contributed by atoms with Crippen molar-refractivity contribution >= 4 is 28.9 Å². The second-order valence-corrected chi connectivity index (χ2v) is 8.33. The van der Waals surface area contributed by atoms with E-state index < -0.39 is 0 Å². The van der Waals surface area contributed by atoms with Gasteiger partial charge in [0.25, 0.3) is 5.91 Å². The number of unbranched alkanes of at least 4 members (excludes halogenated alkanes) is 2. The Labute approximate surface area is 212 Å². The van der Waals surface area contributed by atoms with E-state index >= 15 is 0 Å². The van der Waals surface area contributed by atoms with Crippen molar-refractivity contribution in [2.45, 2.75) is 25.8 Å². The fraction of sp³-hybridized carbons (Fsp3) is 0.241. The van der Waals surface area contributed by atoms with Crippen LogP contribution in [0.25, 0.3) is 0 Å². The average molecular weight is 483 g/mol. The van der Waals surface area contributed by atoms with Gasteiger partial charge >= 0.3 is 5.97 Å². The molecule has 0 atom stereocenters. The van der Waals surface area contributed by atoms with Gasteiger partial charge in [0.2, 0.25) is 0 Å². The number of anilines is 1. The Hall–Kier alpha value is -4.44. The number of ether oxygens (including phenoxy) is 1. The summed E-state index contributed by atoms with van der Waals surface area (Å²) in [5.74, 6) is 1.99. The molecular weight excluding hydrogens is 452 g/mol. The summed E-state index contributed by atoms with van der Waals surface area (Å²) in [6.45, 7) is 0.688. The maximum Gasteiger partial charge on any atom is 0.338 e. The van der Waals surface area contributed by atoms with E-state index in [-0.39, 0.29) is 11.9 Å². The van der Waals surface area contributed by atoms with Crippen molar-refractivity contribution in [3.05, 3.63) is 89.5 Å². The highest BCUT2D eigenvalue weighted by molar-refractivity contribution is 5.94. The van der Waals surface area contributed by atoms with Gasteiger partial charge in [-0.25, -0.2) is 4.79 Å². The fourth-order valence-corrected chi connectivity index (χ4v) is 3.23. The SMILES string of the molecule is C#CCCCCOC(=O)c1ccc(CNC(=O)c2ccc(/N=N/c3ccc(N(C)C)cc3)cc2)cc1. The molecule has 0 saturated heterocycles. The molecule has 0 saturated carbocycles. The number of nitrogens with zero attached hydrogens (tertiary/aromatic N) is 3. The first-order chi connectivity index (χ1) is 17.5. The van der Waals surface area contributed by atoms with Gasteiger partial charge < -0.3 is 15.0 Å². The number of azo groups is 1. The quantitative estimate of drug-likeness (QED) is 0.156. The van der Waals surface area contributed by atoms with Crippen LogP contribution in [0, 0.1) is 12.3 Å². The monoisotopic (exact) mass is 482 g/mol. The van der Waals surface area contributed by atoms with Crippen LogP contribution in [0.2, 0.25) is 0 Å². The number of carbonyl (C=O) groups is 2. The first-order valence-electron chi connectivity index (χ1n) is 11.7. The van der Waals surface area contributed by atoms with Crippen LogP contribution >= 0.6 is 0 Å². The van der Waals surface area contributed by atoms with Crippen LogP contribution in [-0.4, -0.2) is 32.6 Å². The van der Waals surface area contributed by atoms with Gasteiger partial charge in [0.1, 0.15) is 0 Å². The molecular formula is C29H30N4O3. The van der Waals surface area contributed by atoms with Crippen LogP contribution in [0.1, 0.15) is 45.5 Å². The van der Waals surface area contributed by atoms with Gasteiger partial charge in [-0.15, -0.1) is 12.3 Å². The number of terminal acetylenes is 1. The molecule has 0 spiro atoms. The van der Waals surface area contributed by atoms with E-state index in [0.717, 1.165) is 29.8 Å². The minimum Gasteiger partial charge on any atom is -0.462 e. The van der Waals surface area contributed by atoms with Crippen LogP contribution in [0.4, 0.5) is 17.1 Å². The zero-order chi connectivity index (χ0) is 25.8. The van der Waals surface area contributed by atoms with E-state index in [1.165, 1.54) is 0 Å². The highest BCUT2D eigenvalue weighted by Gasteiger charge is 2.08. The molecule has 0 aliphatic carbocycles. The van der Waals surface area contributed by atoms with Gasteiger partial charge in [-0.2, -0.15) is 10.2 Å². The Bertz CT molecular complexity index is 1210. The normalized spacial score (nSPS) is 10.6. The molecule has 0 aromatic heterocycles. The number of carbonyl (C=O) groups excluding carboxylic acids is 2. The lowest BCUT2D eigenvalue weighted by molar-refractivity contribution is 0.0498. The third-order valence-electron chi connectivity index (χ3n) is 5.37. The molecule has 184 valence electrons. The molecule has 7 heteroatoms. The molecule has 3 aromatic carbocycles. The van der Waals surface area contributed by atoms with E-state index in [2.05, 4.69) is 21.5 Å². The minimum absolute atomic E-state index is 0.201. The van der Waals surface area contributed by atoms with Gasteiger partial charge in [-0.1, -0.05) is 12.1 Å². The first-order valence-corrected chi connectivity index (χ1v) is 11.7. The van der Waals surface area contributed by atoms with Crippen LogP contribution in [0.5, 0.6) is 0 Å². The molecule has 0 unspecified atom stereocenters. The first kappa shape index (κ1) is 26.2. The number of hydrogen-bond acceptors (Lipinski definition) is 6. The molecule has 0 fully saturated rings. The summed E-state index contributed by atoms with van der Waals surface area (Å²) in [6.07, 6.45) is 7.46. The summed E-state index contributed by atoms with van der Waals surface area (Å²) < 4.78 is 5.24. The zero-order valence-corrected chi connectivity index (χ0v) is 20.6. The molecule has 3 rings (SSSR count). The summed E-state index contributed by atoms with van der Waals surface area (Å²) in [5.41, 5.74) is 4.36. The Morgan fingerprint density at radius 3 is 2.03 bits per heavy atom. The summed E-state index contributed by atoms with van der Waals surface area (Å²) in [5, 5.41) is 11.4. The summed E-state index contributed by atoms with van der Waals surface area (Å²) >= 11 is 0. The van der Waals surface area contributed by atoms with Gasteiger partial charge in [0.05, 0.1) is 23.5 Å². The van der Waals surface area contributed by atoms with Crippen molar-refractivity contribution < 1.29 is 14.3 Å². The lowest BCUT2D eigenvalue weighted by Gasteiger charge is -2.11. The predicted octanol–water partition coefficient (Wildman–Crippen LogP) is 6.06. The maximum atomic E-state index is 12.5. The Kier molecular flexibility index (Phi) is 9.78. The van der Waals surface area contributed by atoms with Crippen molar-refractivity contribution in [2.75, 3.05) is 25.6 Å². The van der Waals surface area contributed by atoms with E-state index in [0.29, 0.717) is 36.4 Å². The maximum absolute atomic E-state index is 12.5. The molecule has 0 bridgehead atoms. The number of benzene rings is 3. The minimum atomic E-state index is -0.367. The Morgan fingerprint density at radius 2 is 1.44 bits per heavy atom. The van der Waals surface area contributed by atoms with Crippen molar-refractivity contribution in [1.29, 1.82) is 0 Å². The summed E-state index contributed by atoms with van der Waals surface area (Å²) in [7, 11) is 3.96. The fourth-order valence-electron chi connectivity index (χ4n) is 3.23. The lowest BCUT2D eigenvalue weighted by atomic mass is 10.1. The van der Waals surface area contributed by atoms with Crippen molar-refractivity contribution in [2.24, 2.45) is 10.2 Å². The van der Waals surface area contributed by atoms with Crippen LogP contribution in [-0.2, 0) is 11.3 Å². The van der Waals surface area contributed by atoms with E-state index in [1.807, 2.05) is 43.3 Å². The average Bonchev–Trinajstić information content (AvgIpc) is 2.91. The Balaban J connectivity index is 1.46. The standard InChI is InChI=1S/C29H30N4O3/c1-4-5-6-7-20-36-29(35)24-10-8-22(9-11-24)21-30-28(34)23-12-14-25(15-13-23)31-32-26-16-18-27(19-17-26)33(2)3/h1,8-19H,5-7,20-21H2,2-3H3,(H,30,34)/b32-31+. The topological polar surface area (TPSA) is 83.4 Å². The molecule has 0 heterocycles. The zero-order valence-electron chi connectivity index (χ0n) is 20.6. The third kappa shape index (κ3) is 8.10. The van der Waals surface area contributed by atoms with E-state index in [1.54, 1.807) is 48.5 Å². The molecule has 0 aliphatic rings. The van der Waals surface area contributed by atoms with Crippen LogP contribution in [0.3, 0.4) is 0 Å². The molecule has 7 nitrogen and oxygen atoms in total. The van der Waals surface area contributed by atoms with Crippen molar-refractivity contribution in [3.63, 3.8) is 0 Å². The van der Waals surface area contributed by atoms with Crippen molar-refractivity contribution in [3.8, 4) is 12.3 Å². The molecule has 36 heavy (non-hydrogen) atoms. The predicted molar refractivity (Wildman–Crippen MR) is 142 cm³/mol. The van der Waals surface area contributed by atoms with Gasteiger partial charge in [-0.05, 0) is 79.1 Å². The number of rotatable bonds is 11.